The fraction of sp³-hybridized carbons (Fsp3) is 0.500. The van der Waals surface area contributed by atoms with Gasteiger partial charge in [0, 0.05) is 43.7 Å². The lowest BCUT2D eigenvalue weighted by Crippen LogP contribution is -2.24. The van der Waals surface area contributed by atoms with Gasteiger partial charge in [-0.05, 0) is 12.1 Å². The van der Waals surface area contributed by atoms with Crippen molar-refractivity contribution >= 4 is 11.6 Å². The van der Waals surface area contributed by atoms with Gasteiger partial charge in [-0.15, -0.1) is 0 Å². The van der Waals surface area contributed by atoms with Crippen molar-refractivity contribution in [2.45, 2.75) is 12.8 Å². The summed E-state index contributed by atoms with van der Waals surface area (Å²) in [6.45, 7) is 1.90. The molecule has 0 spiro atoms. The third-order valence-electron chi connectivity index (χ3n) is 3.51. The van der Waals surface area contributed by atoms with Crippen LogP contribution < -0.4 is 14.4 Å². The fourth-order valence-corrected chi connectivity index (χ4v) is 2.47. The molecule has 0 radical (unpaired) electrons. The van der Waals surface area contributed by atoms with Crippen molar-refractivity contribution in [3.8, 4) is 11.5 Å². The number of nitrogens with zero attached hydrogens (tertiary/aromatic N) is 1. The van der Waals surface area contributed by atoms with Crippen molar-refractivity contribution in [1.82, 2.24) is 0 Å². The Hall–Kier alpha value is -1.75. The van der Waals surface area contributed by atoms with E-state index in [-0.39, 0.29) is 18.4 Å². The molecule has 1 saturated heterocycles. The summed E-state index contributed by atoms with van der Waals surface area (Å²) in [5, 5.41) is 9.15. The molecule has 0 bridgehead atoms. The van der Waals surface area contributed by atoms with Crippen molar-refractivity contribution in [2.75, 3.05) is 31.3 Å². The van der Waals surface area contributed by atoms with E-state index in [1.807, 2.05) is 18.2 Å². The number of amides is 1. The van der Waals surface area contributed by atoms with Gasteiger partial charge in [0.15, 0.2) is 11.5 Å². The average Bonchev–Trinajstić information content (AvgIpc) is 2.66. The monoisotopic (exact) mass is 263 g/mol. The van der Waals surface area contributed by atoms with Crippen LogP contribution in [0.2, 0.25) is 0 Å². The minimum Gasteiger partial charge on any atom is -0.490 e. The largest absolute Gasteiger partial charge is 0.490 e. The van der Waals surface area contributed by atoms with Crippen molar-refractivity contribution < 1.29 is 19.4 Å². The number of benzene rings is 1. The molecule has 1 N–H and O–H groups in total. The van der Waals surface area contributed by atoms with E-state index in [2.05, 4.69) is 0 Å². The summed E-state index contributed by atoms with van der Waals surface area (Å²) in [5.41, 5.74) is 0.810. The van der Waals surface area contributed by atoms with Gasteiger partial charge in [0.2, 0.25) is 5.91 Å². The Kier molecular flexibility index (Phi) is 3.29. The SMILES string of the molecule is O=C1CC(CO)CN1c1ccc2c(c1)OCCCO2. The number of rotatable bonds is 2. The highest BCUT2D eigenvalue weighted by atomic mass is 16.5. The maximum Gasteiger partial charge on any atom is 0.227 e. The molecule has 0 saturated carbocycles. The minimum absolute atomic E-state index is 0.0310. The van der Waals surface area contributed by atoms with Crippen LogP contribution in [0.3, 0.4) is 0 Å². The first-order valence-electron chi connectivity index (χ1n) is 6.59. The molecule has 5 heteroatoms. The lowest BCUT2D eigenvalue weighted by Gasteiger charge is -2.18. The van der Waals surface area contributed by atoms with E-state index in [4.69, 9.17) is 14.6 Å². The van der Waals surface area contributed by atoms with Crippen LogP contribution in [-0.4, -0.2) is 37.4 Å². The Morgan fingerprint density at radius 3 is 2.79 bits per heavy atom. The molecule has 102 valence electrons. The van der Waals surface area contributed by atoms with Gasteiger partial charge in [-0.25, -0.2) is 0 Å². The third-order valence-corrected chi connectivity index (χ3v) is 3.51. The summed E-state index contributed by atoms with van der Waals surface area (Å²) in [6.07, 6.45) is 1.27. The Bertz CT molecular complexity index is 488. The highest BCUT2D eigenvalue weighted by molar-refractivity contribution is 5.96. The molecule has 3 rings (SSSR count). The highest BCUT2D eigenvalue weighted by Crippen LogP contribution is 2.35. The number of aliphatic hydroxyl groups excluding tert-OH is 1. The van der Waals surface area contributed by atoms with Gasteiger partial charge in [0.05, 0.1) is 13.2 Å². The van der Waals surface area contributed by atoms with Gasteiger partial charge in [-0.1, -0.05) is 0 Å². The van der Waals surface area contributed by atoms with E-state index in [1.54, 1.807) is 4.90 Å². The van der Waals surface area contributed by atoms with Crippen LogP contribution in [0, 0.1) is 5.92 Å². The number of carbonyl (C=O) groups excluding carboxylic acids is 1. The summed E-state index contributed by atoms with van der Waals surface area (Å²) in [5.74, 6) is 1.50. The lowest BCUT2D eigenvalue weighted by molar-refractivity contribution is -0.117. The van der Waals surface area contributed by atoms with Crippen LogP contribution >= 0.6 is 0 Å². The molecule has 0 aromatic heterocycles. The summed E-state index contributed by atoms with van der Waals surface area (Å²) in [7, 11) is 0. The second-order valence-corrected chi connectivity index (χ2v) is 4.94. The predicted molar refractivity (Wildman–Crippen MR) is 69.6 cm³/mol. The fourth-order valence-electron chi connectivity index (χ4n) is 2.47. The van der Waals surface area contributed by atoms with Crippen molar-refractivity contribution in [3.63, 3.8) is 0 Å². The minimum atomic E-state index is 0.0310. The predicted octanol–water partition coefficient (Wildman–Crippen LogP) is 1.19. The molecular formula is C14H17NO4. The van der Waals surface area contributed by atoms with Gasteiger partial charge in [-0.3, -0.25) is 4.79 Å². The molecule has 19 heavy (non-hydrogen) atoms. The van der Waals surface area contributed by atoms with E-state index in [0.29, 0.717) is 31.9 Å². The molecule has 2 aliphatic heterocycles. The van der Waals surface area contributed by atoms with Crippen LogP contribution in [0.5, 0.6) is 11.5 Å². The van der Waals surface area contributed by atoms with E-state index in [9.17, 15) is 4.79 Å². The molecule has 1 aromatic carbocycles. The van der Waals surface area contributed by atoms with E-state index in [1.165, 1.54) is 0 Å². The second-order valence-electron chi connectivity index (χ2n) is 4.94. The number of carbonyl (C=O) groups is 1. The van der Waals surface area contributed by atoms with E-state index in [0.717, 1.165) is 17.9 Å². The Balaban J connectivity index is 1.86. The zero-order valence-electron chi connectivity index (χ0n) is 10.7. The molecule has 0 aliphatic carbocycles. The first kappa shape index (κ1) is 12.3. The Morgan fingerprint density at radius 1 is 1.26 bits per heavy atom. The number of hydrogen-bond donors (Lipinski definition) is 1. The maximum atomic E-state index is 11.9. The normalized spacial score (nSPS) is 22.5. The zero-order valence-corrected chi connectivity index (χ0v) is 10.7. The summed E-state index contributed by atoms with van der Waals surface area (Å²) in [4.78, 5) is 13.6. The number of ether oxygens (including phenoxy) is 2. The standard InChI is InChI=1S/C14H17NO4/c16-9-10-6-14(17)15(8-10)11-2-3-12-13(7-11)19-5-1-4-18-12/h2-3,7,10,16H,1,4-6,8-9H2. The van der Waals surface area contributed by atoms with Gasteiger partial charge in [0.1, 0.15) is 0 Å². The van der Waals surface area contributed by atoms with Crippen LogP contribution in [-0.2, 0) is 4.79 Å². The molecular weight excluding hydrogens is 246 g/mol. The van der Waals surface area contributed by atoms with E-state index >= 15 is 0 Å². The van der Waals surface area contributed by atoms with Gasteiger partial charge < -0.3 is 19.5 Å². The molecule has 1 amide bonds. The van der Waals surface area contributed by atoms with E-state index < -0.39 is 0 Å². The topological polar surface area (TPSA) is 59.0 Å². The molecule has 1 aromatic rings. The van der Waals surface area contributed by atoms with Crippen LogP contribution in [0.25, 0.3) is 0 Å². The molecule has 2 aliphatic rings. The molecule has 1 atom stereocenters. The lowest BCUT2D eigenvalue weighted by atomic mass is 10.1. The third kappa shape index (κ3) is 2.38. The van der Waals surface area contributed by atoms with Crippen LogP contribution in [0.4, 0.5) is 5.69 Å². The molecule has 1 fully saturated rings. The Labute approximate surface area is 111 Å². The van der Waals surface area contributed by atoms with Crippen molar-refractivity contribution in [2.24, 2.45) is 5.92 Å². The molecule has 1 unspecified atom stereocenters. The smallest absolute Gasteiger partial charge is 0.227 e. The summed E-state index contributed by atoms with van der Waals surface area (Å²) in [6, 6.07) is 5.55. The molecule has 5 nitrogen and oxygen atoms in total. The zero-order chi connectivity index (χ0) is 13.2. The van der Waals surface area contributed by atoms with Gasteiger partial charge in [0.25, 0.3) is 0 Å². The highest BCUT2D eigenvalue weighted by Gasteiger charge is 2.30. The molecule has 2 heterocycles. The van der Waals surface area contributed by atoms with Crippen LogP contribution in [0.15, 0.2) is 18.2 Å². The van der Waals surface area contributed by atoms with Gasteiger partial charge in [-0.2, -0.15) is 0 Å². The maximum absolute atomic E-state index is 11.9. The number of aliphatic hydroxyl groups is 1. The Morgan fingerprint density at radius 2 is 2.05 bits per heavy atom. The van der Waals surface area contributed by atoms with Crippen LogP contribution in [0.1, 0.15) is 12.8 Å². The first-order chi connectivity index (χ1) is 9.28. The quantitative estimate of drug-likeness (QED) is 0.871. The number of anilines is 1. The number of fused-ring (bicyclic) bond motifs is 1. The van der Waals surface area contributed by atoms with Crippen molar-refractivity contribution in [3.05, 3.63) is 18.2 Å². The summed E-state index contributed by atoms with van der Waals surface area (Å²) >= 11 is 0. The second kappa shape index (κ2) is 5.09. The van der Waals surface area contributed by atoms with Crippen molar-refractivity contribution in [1.29, 1.82) is 0 Å². The summed E-state index contributed by atoms with van der Waals surface area (Å²) < 4.78 is 11.2. The average molecular weight is 263 g/mol. The van der Waals surface area contributed by atoms with Gasteiger partial charge >= 0.3 is 0 Å². The number of hydrogen-bond acceptors (Lipinski definition) is 4. The first-order valence-corrected chi connectivity index (χ1v) is 6.59.